The molecule has 0 aliphatic rings. The Labute approximate surface area is 98.3 Å². The number of ketones is 1. The van der Waals surface area contributed by atoms with E-state index < -0.39 is 6.16 Å². The van der Waals surface area contributed by atoms with E-state index in [1.165, 1.54) is 13.8 Å². The van der Waals surface area contributed by atoms with Gasteiger partial charge in [-0.1, -0.05) is 26.7 Å². The van der Waals surface area contributed by atoms with Crippen molar-refractivity contribution in [2.75, 3.05) is 13.2 Å². The molecule has 4 nitrogen and oxygen atoms in total. The van der Waals surface area contributed by atoms with Crippen LogP contribution < -0.4 is 0 Å². The number of Topliss-reactive ketones (excluding diaryl/α,β-unsaturated/α-hetero) is 1. The molecular weight excluding hydrogens is 208 g/mol. The predicted octanol–water partition coefficient (Wildman–Crippen LogP) is 3.34. The molecule has 0 bridgehead atoms. The second-order valence-corrected chi connectivity index (χ2v) is 3.56. The Morgan fingerprint density at radius 2 is 1.19 bits per heavy atom. The maximum absolute atomic E-state index is 10.7. The Morgan fingerprint density at radius 1 is 0.875 bits per heavy atom. The Kier molecular flexibility index (Phi) is 15.1. The van der Waals surface area contributed by atoms with Crippen LogP contribution in [-0.4, -0.2) is 25.2 Å². The minimum absolute atomic E-state index is 0.167. The third-order valence-electron chi connectivity index (χ3n) is 1.44. The van der Waals surface area contributed by atoms with Crippen molar-refractivity contribution in [2.45, 2.75) is 53.4 Å². The highest BCUT2D eigenvalue weighted by Gasteiger charge is 2.00. The van der Waals surface area contributed by atoms with Crippen molar-refractivity contribution in [3.8, 4) is 0 Å². The Morgan fingerprint density at radius 3 is 1.44 bits per heavy atom. The average molecular weight is 232 g/mol. The second-order valence-electron chi connectivity index (χ2n) is 3.56. The van der Waals surface area contributed by atoms with E-state index in [1.807, 2.05) is 13.8 Å². The van der Waals surface area contributed by atoms with Crippen molar-refractivity contribution in [2.24, 2.45) is 0 Å². The van der Waals surface area contributed by atoms with E-state index in [1.54, 1.807) is 0 Å². The molecule has 0 aliphatic heterocycles. The summed E-state index contributed by atoms with van der Waals surface area (Å²) in [6, 6.07) is 0. The van der Waals surface area contributed by atoms with Crippen LogP contribution in [0.1, 0.15) is 53.4 Å². The number of hydrogen-bond acceptors (Lipinski definition) is 4. The van der Waals surface area contributed by atoms with E-state index in [9.17, 15) is 9.59 Å². The molecule has 4 heteroatoms. The monoisotopic (exact) mass is 232 g/mol. The minimum atomic E-state index is -0.531. The summed E-state index contributed by atoms with van der Waals surface area (Å²) in [6.45, 7) is 8.10. The summed E-state index contributed by atoms with van der Waals surface area (Å²) >= 11 is 0. The van der Waals surface area contributed by atoms with Gasteiger partial charge in [-0.15, -0.1) is 0 Å². The topological polar surface area (TPSA) is 52.6 Å². The quantitative estimate of drug-likeness (QED) is 0.520. The van der Waals surface area contributed by atoms with Crippen molar-refractivity contribution in [1.82, 2.24) is 0 Å². The molecule has 0 heterocycles. The lowest BCUT2D eigenvalue weighted by Gasteiger charge is -2.04. The molecule has 0 atom stereocenters. The van der Waals surface area contributed by atoms with Crippen molar-refractivity contribution in [3.05, 3.63) is 0 Å². The number of unbranched alkanes of at least 4 members (excludes halogenated alkanes) is 2. The van der Waals surface area contributed by atoms with E-state index in [0.29, 0.717) is 13.2 Å². The maximum atomic E-state index is 10.7. The largest absolute Gasteiger partial charge is 0.508 e. The van der Waals surface area contributed by atoms with Crippen LogP contribution >= 0.6 is 0 Å². The first kappa shape index (κ1) is 17.3. The molecular formula is C12H24O4. The van der Waals surface area contributed by atoms with Gasteiger partial charge in [0.2, 0.25) is 0 Å². The van der Waals surface area contributed by atoms with Crippen LogP contribution in [0, 0.1) is 0 Å². The lowest BCUT2D eigenvalue weighted by molar-refractivity contribution is -0.115. The zero-order chi connectivity index (χ0) is 12.8. The Balaban J connectivity index is 0. The smallest absolute Gasteiger partial charge is 0.434 e. The van der Waals surface area contributed by atoms with Crippen molar-refractivity contribution in [3.63, 3.8) is 0 Å². The molecule has 0 saturated heterocycles. The van der Waals surface area contributed by atoms with Crippen molar-refractivity contribution in [1.29, 1.82) is 0 Å². The summed E-state index contributed by atoms with van der Waals surface area (Å²) in [6.07, 6.45) is 3.34. The van der Waals surface area contributed by atoms with E-state index in [0.717, 1.165) is 25.7 Å². The molecule has 0 spiro atoms. The second kappa shape index (κ2) is 13.9. The van der Waals surface area contributed by atoms with Crippen LogP contribution in [0.25, 0.3) is 0 Å². The van der Waals surface area contributed by atoms with E-state index >= 15 is 0 Å². The number of ether oxygens (including phenoxy) is 2. The van der Waals surface area contributed by atoms with Gasteiger partial charge in [0.1, 0.15) is 5.78 Å². The lowest BCUT2D eigenvalue weighted by Crippen LogP contribution is -2.09. The number of carbonyl (C=O) groups is 2. The van der Waals surface area contributed by atoms with Gasteiger partial charge in [-0.25, -0.2) is 4.79 Å². The molecule has 0 aromatic carbocycles. The summed E-state index contributed by atoms with van der Waals surface area (Å²) < 4.78 is 9.54. The lowest BCUT2D eigenvalue weighted by atomic mass is 10.4. The molecule has 0 rings (SSSR count). The SMILES string of the molecule is CC(C)=O.CCCCOC(=O)OCCCC. The van der Waals surface area contributed by atoms with Gasteiger partial charge < -0.3 is 14.3 Å². The molecule has 0 amide bonds. The van der Waals surface area contributed by atoms with Crippen molar-refractivity contribution < 1.29 is 19.1 Å². The highest BCUT2D eigenvalue weighted by molar-refractivity contribution is 5.72. The van der Waals surface area contributed by atoms with Crippen LogP contribution in [0.4, 0.5) is 4.79 Å². The first-order valence-corrected chi connectivity index (χ1v) is 5.81. The molecule has 0 unspecified atom stereocenters. The summed E-state index contributed by atoms with van der Waals surface area (Å²) in [7, 11) is 0. The Hall–Kier alpha value is -1.06. The van der Waals surface area contributed by atoms with Crippen LogP contribution in [0.2, 0.25) is 0 Å². The molecule has 0 saturated carbocycles. The highest BCUT2D eigenvalue weighted by atomic mass is 16.7. The van der Waals surface area contributed by atoms with Gasteiger partial charge in [0.25, 0.3) is 0 Å². The number of hydrogen-bond donors (Lipinski definition) is 0. The minimum Gasteiger partial charge on any atom is -0.434 e. The molecule has 16 heavy (non-hydrogen) atoms. The molecule has 0 N–H and O–H groups in total. The van der Waals surface area contributed by atoms with Gasteiger partial charge >= 0.3 is 6.16 Å². The van der Waals surface area contributed by atoms with Gasteiger partial charge in [0.05, 0.1) is 13.2 Å². The van der Waals surface area contributed by atoms with Gasteiger partial charge in [-0.2, -0.15) is 0 Å². The third-order valence-corrected chi connectivity index (χ3v) is 1.44. The zero-order valence-electron chi connectivity index (χ0n) is 10.9. The van der Waals surface area contributed by atoms with Crippen LogP contribution in [0.5, 0.6) is 0 Å². The van der Waals surface area contributed by atoms with E-state index in [4.69, 9.17) is 9.47 Å². The number of carbonyl (C=O) groups excluding carboxylic acids is 2. The zero-order valence-corrected chi connectivity index (χ0v) is 10.9. The molecule has 0 aromatic heterocycles. The molecule has 96 valence electrons. The highest BCUT2D eigenvalue weighted by Crippen LogP contribution is 1.93. The summed E-state index contributed by atoms with van der Waals surface area (Å²) in [5.41, 5.74) is 0. The Bertz CT molecular complexity index is 162. The van der Waals surface area contributed by atoms with Gasteiger partial charge in [-0.3, -0.25) is 0 Å². The normalized spacial score (nSPS) is 8.75. The summed E-state index contributed by atoms with van der Waals surface area (Å²) in [5.74, 6) is 0.167. The van der Waals surface area contributed by atoms with E-state index in [2.05, 4.69) is 0 Å². The number of rotatable bonds is 6. The first-order valence-electron chi connectivity index (χ1n) is 5.81. The predicted molar refractivity (Wildman–Crippen MR) is 63.5 cm³/mol. The standard InChI is InChI=1S/C9H18O3.C3H6O/c1-3-5-7-11-9(10)12-8-6-4-2;1-3(2)4/h3-8H2,1-2H3;1-2H3. The van der Waals surface area contributed by atoms with Crippen molar-refractivity contribution >= 4 is 11.9 Å². The van der Waals surface area contributed by atoms with Crippen LogP contribution in [-0.2, 0) is 14.3 Å². The fourth-order valence-corrected chi connectivity index (χ4v) is 0.641. The third kappa shape index (κ3) is 23.1. The average Bonchev–Trinajstić information content (AvgIpc) is 2.18. The fourth-order valence-electron chi connectivity index (χ4n) is 0.641. The maximum Gasteiger partial charge on any atom is 0.508 e. The molecule has 0 radical (unpaired) electrons. The van der Waals surface area contributed by atoms with Gasteiger partial charge in [0.15, 0.2) is 0 Å². The summed E-state index contributed by atoms with van der Waals surface area (Å²) in [4.78, 5) is 20.2. The summed E-state index contributed by atoms with van der Waals surface area (Å²) in [5, 5.41) is 0. The van der Waals surface area contributed by atoms with Gasteiger partial charge in [0, 0.05) is 0 Å². The molecule has 0 aromatic rings. The molecule has 0 aliphatic carbocycles. The fraction of sp³-hybridized carbons (Fsp3) is 0.833. The molecule has 0 fully saturated rings. The van der Waals surface area contributed by atoms with E-state index in [-0.39, 0.29) is 5.78 Å². The van der Waals surface area contributed by atoms with Gasteiger partial charge in [-0.05, 0) is 26.7 Å². The first-order chi connectivity index (χ1) is 7.54. The van der Waals surface area contributed by atoms with Crippen LogP contribution in [0.15, 0.2) is 0 Å². The van der Waals surface area contributed by atoms with Crippen LogP contribution in [0.3, 0.4) is 0 Å².